The van der Waals surface area contributed by atoms with Gasteiger partial charge in [0.2, 0.25) is 0 Å². The number of fused-ring (bicyclic) bond motifs is 1. The van der Waals surface area contributed by atoms with E-state index in [2.05, 4.69) is 15.6 Å². The van der Waals surface area contributed by atoms with Crippen LogP contribution in [0.3, 0.4) is 0 Å². The van der Waals surface area contributed by atoms with Gasteiger partial charge in [0.25, 0.3) is 17.4 Å². The molecule has 24 heavy (non-hydrogen) atoms. The van der Waals surface area contributed by atoms with Gasteiger partial charge in [-0.3, -0.25) is 9.59 Å². The predicted molar refractivity (Wildman–Crippen MR) is 88.7 cm³/mol. The highest BCUT2D eigenvalue weighted by atomic mass is 16.5. The average Bonchev–Trinajstić information content (AvgIpc) is 3.06. The number of hydrogen-bond donors (Lipinski definition) is 2. The first-order chi connectivity index (χ1) is 11.5. The minimum atomic E-state index is -1.57. The van der Waals surface area contributed by atoms with Gasteiger partial charge < -0.3 is 19.9 Å². The molecule has 0 saturated heterocycles. The monoisotopic (exact) mass is 328 g/mol. The lowest BCUT2D eigenvalue weighted by Crippen LogP contribution is -2.58. The van der Waals surface area contributed by atoms with Gasteiger partial charge in [-0.25, -0.2) is 4.98 Å². The molecule has 0 fully saturated rings. The van der Waals surface area contributed by atoms with Crippen LogP contribution in [0.4, 0.5) is 5.69 Å². The SMILES string of the molecule is Cc1ccc2c(c1)NC(=O)[C@@](C)(C(=O)NCCCn1ccnc1)O2. The van der Waals surface area contributed by atoms with E-state index in [4.69, 9.17) is 4.74 Å². The second-order valence-corrected chi connectivity index (χ2v) is 6.00. The summed E-state index contributed by atoms with van der Waals surface area (Å²) in [6, 6.07) is 5.45. The van der Waals surface area contributed by atoms with Crippen LogP contribution in [0.1, 0.15) is 18.9 Å². The summed E-state index contributed by atoms with van der Waals surface area (Å²) in [5.74, 6) is -0.416. The molecule has 3 rings (SSSR count). The van der Waals surface area contributed by atoms with Gasteiger partial charge in [-0.2, -0.15) is 0 Å². The molecule has 0 unspecified atom stereocenters. The van der Waals surface area contributed by atoms with Crippen molar-refractivity contribution in [2.45, 2.75) is 32.4 Å². The molecular formula is C17H20N4O3. The average molecular weight is 328 g/mol. The first kappa shape index (κ1) is 16.0. The molecule has 1 aliphatic heterocycles. The third-order valence-electron chi connectivity index (χ3n) is 4.00. The number of amides is 2. The van der Waals surface area contributed by atoms with E-state index in [9.17, 15) is 9.59 Å². The molecule has 0 spiro atoms. The summed E-state index contributed by atoms with van der Waals surface area (Å²) in [5.41, 5.74) is 0.0210. The molecular weight excluding hydrogens is 308 g/mol. The number of aromatic nitrogens is 2. The van der Waals surface area contributed by atoms with Gasteiger partial charge in [0, 0.05) is 25.5 Å². The number of carbonyl (C=O) groups is 2. The van der Waals surface area contributed by atoms with Crippen molar-refractivity contribution in [3.63, 3.8) is 0 Å². The molecule has 2 N–H and O–H groups in total. The fourth-order valence-corrected chi connectivity index (χ4v) is 2.54. The standard InChI is InChI=1S/C17H20N4O3/c1-12-4-5-14-13(10-12)20-16(23)17(2,24-14)15(22)19-6-3-8-21-9-7-18-11-21/h4-5,7,9-11H,3,6,8H2,1-2H3,(H,19,22)(H,20,23)/t17-/m1/s1. The van der Waals surface area contributed by atoms with Gasteiger partial charge >= 0.3 is 0 Å². The van der Waals surface area contributed by atoms with Crippen molar-refractivity contribution in [1.29, 1.82) is 0 Å². The number of benzene rings is 1. The molecule has 0 bridgehead atoms. The Bertz CT molecular complexity index is 757. The summed E-state index contributed by atoms with van der Waals surface area (Å²) in [6.45, 7) is 4.60. The smallest absolute Gasteiger partial charge is 0.278 e. The normalized spacial score (nSPS) is 19.2. The Morgan fingerprint density at radius 2 is 2.29 bits per heavy atom. The van der Waals surface area contributed by atoms with Crippen LogP contribution in [0, 0.1) is 6.92 Å². The summed E-state index contributed by atoms with van der Waals surface area (Å²) in [4.78, 5) is 28.8. The predicted octanol–water partition coefficient (Wildman–Crippen LogP) is 1.49. The molecule has 1 aromatic carbocycles. The second-order valence-electron chi connectivity index (χ2n) is 6.00. The first-order valence-corrected chi connectivity index (χ1v) is 7.84. The van der Waals surface area contributed by atoms with Crippen LogP contribution < -0.4 is 15.4 Å². The lowest BCUT2D eigenvalue weighted by atomic mass is 10.0. The Morgan fingerprint density at radius 1 is 1.46 bits per heavy atom. The van der Waals surface area contributed by atoms with Crippen LogP contribution in [-0.2, 0) is 16.1 Å². The molecule has 0 saturated carbocycles. The Labute approximate surface area is 140 Å². The highest BCUT2D eigenvalue weighted by Gasteiger charge is 2.47. The van der Waals surface area contributed by atoms with E-state index >= 15 is 0 Å². The van der Waals surface area contributed by atoms with E-state index < -0.39 is 17.4 Å². The second kappa shape index (κ2) is 6.35. The van der Waals surface area contributed by atoms with Gasteiger partial charge in [0.15, 0.2) is 0 Å². The highest BCUT2D eigenvalue weighted by molar-refractivity contribution is 6.15. The van der Waals surface area contributed by atoms with Crippen molar-refractivity contribution in [2.75, 3.05) is 11.9 Å². The topological polar surface area (TPSA) is 85.3 Å². The van der Waals surface area contributed by atoms with E-state index in [-0.39, 0.29) is 0 Å². The van der Waals surface area contributed by atoms with Crippen molar-refractivity contribution < 1.29 is 14.3 Å². The molecule has 2 amide bonds. The number of hydrogen-bond acceptors (Lipinski definition) is 4. The molecule has 2 aromatic rings. The van der Waals surface area contributed by atoms with E-state index in [0.717, 1.165) is 18.5 Å². The lowest BCUT2D eigenvalue weighted by molar-refractivity contribution is -0.146. The maximum atomic E-state index is 12.5. The number of nitrogens with one attached hydrogen (secondary N) is 2. The van der Waals surface area contributed by atoms with Crippen LogP contribution in [0.2, 0.25) is 0 Å². The number of nitrogens with zero attached hydrogens (tertiary/aromatic N) is 2. The van der Waals surface area contributed by atoms with Crippen molar-refractivity contribution in [2.24, 2.45) is 0 Å². The number of imidazole rings is 1. The summed E-state index contributed by atoms with van der Waals surface area (Å²) in [7, 11) is 0. The van der Waals surface area contributed by atoms with Crippen molar-refractivity contribution >= 4 is 17.5 Å². The molecule has 1 aromatic heterocycles. The molecule has 7 heteroatoms. The minimum Gasteiger partial charge on any atom is -0.466 e. The number of rotatable bonds is 5. The van der Waals surface area contributed by atoms with E-state index in [1.165, 1.54) is 6.92 Å². The van der Waals surface area contributed by atoms with Gasteiger partial charge in [0.1, 0.15) is 5.75 Å². The van der Waals surface area contributed by atoms with Gasteiger partial charge in [-0.05, 0) is 38.0 Å². The van der Waals surface area contributed by atoms with Gasteiger partial charge in [-0.1, -0.05) is 6.07 Å². The Balaban J connectivity index is 1.61. The number of carbonyl (C=O) groups excluding carboxylic acids is 2. The Morgan fingerprint density at radius 3 is 3.04 bits per heavy atom. The number of ether oxygens (including phenoxy) is 1. The van der Waals surface area contributed by atoms with E-state index in [0.29, 0.717) is 18.0 Å². The first-order valence-electron chi connectivity index (χ1n) is 7.84. The molecule has 1 atom stereocenters. The third-order valence-corrected chi connectivity index (χ3v) is 4.00. The zero-order valence-electron chi connectivity index (χ0n) is 13.7. The van der Waals surface area contributed by atoms with Crippen LogP contribution in [-0.4, -0.2) is 33.5 Å². The van der Waals surface area contributed by atoms with Crippen molar-refractivity contribution in [3.8, 4) is 5.75 Å². The van der Waals surface area contributed by atoms with Crippen molar-refractivity contribution in [1.82, 2.24) is 14.9 Å². The van der Waals surface area contributed by atoms with Crippen LogP contribution in [0.15, 0.2) is 36.9 Å². The summed E-state index contributed by atoms with van der Waals surface area (Å²) in [6.07, 6.45) is 6.02. The summed E-state index contributed by atoms with van der Waals surface area (Å²) < 4.78 is 7.64. The fourth-order valence-electron chi connectivity index (χ4n) is 2.54. The fraction of sp³-hybridized carbons (Fsp3) is 0.353. The van der Waals surface area contributed by atoms with Crippen LogP contribution in [0.25, 0.3) is 0 Å². The number of anilines is 1. The highest BCUT2D eigenvalue weighted by Crippen LogP contribution is 2.34. The molecule has 7 nitrogen and oxygen atoms in total. The molecule has 0 aliphatic carbocycles. The number of aryl methyl sites for hydroxylation is 2. The zero-order chi connectivity index (χ0) is 17.2. The lowest BCUT2D eigenvalue weighted by Gasteiger charge is -2.33. The quantitative estimate of drug-likeness (QED) is 0.643. The zero-order valence-corrected chi connectivity index (χ0v) is 13.7. The van der Waals surface area contributed by atoms with E-state index in [1.807, 2.05) is 29.8 Å². The Kier molecular flexibility index (Phi) is 4.24. The van der Waals surface area contributed by atoms with Crippen molar-refractivity contribution in [3.05, 3.63) is 42.5 Å². The third kappa shape index (κ3) is 3.10. The van der Waals surface area contributed by atoms with Gasteiger partial charge in [-0.15, -0.1) is 0 Å². The maximum absolute atomic E-state index is 12.5. The molecule has 1 aliphatic rings. The van der Waals surface area contributed by atoms with Crippen LogP contribution >= 0.6 is 0 Å². The maximum Gasteiger partial charge on any atom is 0.278 e. The van der Waals surface area contributed by atoms with Gasteiger partial charge in [0.05, 0.1) is 12.0 Å². The minimum absolute atomic E-state index is 0.447. The van der Waals surface area contributed by atoms with E-state index in [1.54, 1.807) is 18.6 Å². The summed E-state index contributed by atoms with van der Waals surface area (Å²) >= 11 is 0. The molecule has 126 valence electrons. The molecule has 0 radical (unpaired) electrons. The summed E-state index contributed by atoms with van der Waals surface area (Å²) in [5, 5.41) is 5.52. The molecule has 2 heterocycles. The Hall–Kier alpha value is -2.83. The largest absolute Gasteiger partial charge is 0.466 e. The van der Waals surface area contributed by atoms with Crippen LogP contribution in [0.5, 0.6) is 5.75 Å².